The van der Waals surface area contributed by atoms with E-state index in [1.165, 1.54) is 10.2 Å². The average Bonchev–Trinajstić information content (AvgIpc) is 2.94. The van der Waals surface area contributed by atoms with Gasteiger partial charge in [0.25, 0.3) is 20.1 Å². The highest BCUT2D eigenvalue weighted by atomic mass is 32.2. The highest BCUT2D eigenvalue weighted by Gasteiger charge is 2.21. The molecule has 0 aliphatic carbocycles. The first-order valence-corrected chi connectivity index (χ1v) is 11.2. The fourth-order valence-corrected chi connectivity index (χ4v) is 4.52. The van der Waals surface area contributed by atoms with Crippen molar-refractivity contribution in [3.05, 3.63) is 65.9 Å². The molecule has 26 heavy (non-hydrogen) atoms. The molecule has 0 N–H and O–H groups in total. The van der Waals surface area contributed by atoms with E-state index in [2.05, 4.69) is 0 Å². The van der Waals surface area contributed by atoms with E-state index < -0.39 is 20.1 Å². The molecule has 0 bridgehead atoms. The van der Waals surface area contributed by atoms with Crippen molar-refractivity contribution in [2.75, 3.05) is 12.9 Å². The summed E-state index contributed by atoms with van der Waals surface area (Å²) in [5.74, 6) is 0. The molecule has 6 nitrogen and oxygen atoms in total. The summed E-state index contributed by atoms with van der Waals surface area (Å²) < 4.78 is 54.4. The summed E-state index contributed by atoms with van der Waals surface area (Å²) in [4.78, 5) is 0.197. The van der Waals surface area contributed by atoms with Gasteiger partial charge in [0, 0.05) is 11.6 Å². The molecule has 0 aliphatic heterocycles. The van der Waals surface area contributed by atoms with Crippen molar-refractivity contribution in [3.8, 4) is 0 Å². The number of fused-ring (bicyclic) bond motifs is 1. The van der Waals surface area contributed by atoms with Crippen LogP contribution in [0, 0.1) is 6.92 Å². The van der Waals surface area contributed by atoms with E-state index in [-0.39, 0.29) is 17.9 Å². The van der Waals surface area contributed by atoms with Crippen LogP contribution in [0.4, 0.5) is 0 Å². The van der Waals surface area contributed by atoms with Crippen LogP contribution in [0.5, 0.6) is 0 Å². The number of benzene rings is 2. The van der Waals surface area contributed by atoms with Crippen molar-refractivity contribution < 1.29 is 21.0 Å². The van der Waals surface area contributed by atoms with Gasteiger partial charge in [0.15, 0.2) is 0 Å². The van der Waals surface area contributed by atoms with Crippen molar-refractivity contribution in [1.82, 2.24) is 3.97 Å². The monoisotopic (exact) mass is 393 g/mol. The molecule has 8 heteroatoms. The summed E-state index contributed by atoms with van der Waals surface area (Å²) in [7, 11) is -7.30. The molecule has 3 aromatic rings. The van der Waals surface area contributed by atoms with Gasteiger partial charge in [0.2, 0.25) is 0 Å². The summed E-state index contributed by atoms with van der Waals surface area (Å²) in [6.07, 6.45) is 2.80. The van der Waals surface area contributed by atoms with Crippen molar-refractivity contribution in [2.45, 2.75) is 18.2 Å². The second-order valence-corrected chi connectivity index (χ2v) is 9.52. The quantitative estimate of drug-likeness (QED) is 0.602. The van der Waals surface area contributed by atoms with Crippen molar-refractivity contribution in [1.29, 1.82) is 0 Å². The van der Waals surface area contributed by atoms with Gasteiger partial charge in [-0.3, -0.25) is 4.18 Å². The topological polar surface area (TPSA) is 82.4 Å². The van der Waals surface area contributed by atoms with Crippen molar-refractivity contribution in [3.63, 3.8) is 0 Å². The first-order chi connectivity index (χ1) is 12.2. The molecule has 0 saturated heterocycles. The van der Waals surface area contributed by atoms with Gasteiger partial charge in [-0.2, -0.15) is 8.42 Å². The maximum atomic E-state index is 13.0. The third-order valence-corrected chi connectivity index (χ3v) is 6.29. The van der Waals surface area contributed by atoms with Crippen LogP contribution in [0.1, 0.15) is 11.1 Å². The van der Waals surface area contributed by atoms with Gasteiger partial charge in [-0.05, 0) is 37.1 Å². The predicted octanol–water partition coefficient (Wildman–Crippen LogP) is 2.71. The molecule has 0 radical (unpaired) electrons. The minimum Gasteiger partial charge on any atom is -0.270 e. The third kappa shape index (κ3) is 3.82. The third-order valence-electron chi connectivity index (χ3n) is 4.01. The molecule has 1 aromatic heterocycles. The summed E-state index contributed by atoms with van der Waals surface area (Å²) >= 11 is 0. The fourth-order valence-electron chi connectivity index (χ4n) is 2.74. The van der Waals surface area contributed by atoms with Gasteiger partial charge in [0.05, 0.1) is 23.3 Å². The molecule has 0 saturated carbocycles. The van der Waals surface area contributed by atoms with E-state index in [1.807, 2.05) is 19.1 Å². The lowest BCUT2D eigenvalue weighted by Crippen LogP contribution is -2.12. The first-order valence-electron chi connectivity index (χ1n) is 7.94. The predicted molar refractivity (Wildman–Crippen MR) is 100 cm³/mol. The highest BCUT2D eigenvalue weighted by Crippen LogP contribution is 2.26. The molecule has 0 spiro atoms. The molecule has 0 aliphatic rings. The average molecular weight is 393 g/mol. The Balaban J connectivity index is 2.05. The zero-order valence-electron chi connectivity index (χ0n) is 14.4. The van der Waals surface area contributed by atoms with Gasteiger partial charge >= 0.3 is 0 Å². The second kappa shape index (κ2) is 6.86. The number of hydrogen-bond acceptors (Lipinski definition) is 5. The van der Waals surface area contributed by atoms with Crippen LogP contribution in [0.15, 0.2) is 59.6 Å². The molecule has 0 unspecified atom stereocenters. The fraction of sp³-hybridized carbons (Fsp3) is 0.222. The first kappa shape index (κ1) is 18.6. The van der Waals surface area contributed by atoms with Gasteiger partial charge in [-0.25, -0.2) is 12.4 Å². The van der Waals surface area contributed by atoms with E-state index in [9.17, 15) is 16.8 Å². The number of aryl methyl sites for hydroxylation is 1. The van der Waals surface area contributed by atoms with Gasteiger partial charge < -0.3 is 0 Å². The lowest BCUT2D eigenvalue weighted by atomic mass is 10.1. The smallest absolute Gasteiger partial charge is 0.268 e. The van der Waals surface area contributed by atoms with Gasteiger partial charge in [0.1, 0.15) is 0 Å². The van der Waals surface area contributed by atoms with Crippen LogP contribution in [0.3, 0.4) is 0 Å². The molecule has 3 rings (SSSR count). The largest absolute Gasteiger partial charge is 0.270 e. The minimum absolute atomic E-state index is 0.0442. The van der Waals surface area contributed by atoms with Crippen LogP contribution in [-0.4, -0.2) is 33.7 Å². The van der Waals surface area contributed by atoms with E-state index in [1.54, 1.807) is 36.4 Å². The normalized spacial score (nSPS) is 12.5. The van der Waals surface area contributed by atoms with Crippen molar-refractivity contribution >= 4 is 31.0 Å². The highest BCUT2D eigenvalue weighted by molar-refractivity contribution is 7.90. The molecule has 138 valence electrons. The zero-order chi connectivity index (χ0) is 18.9. The Bertz CT molecular complexity index is 1140. The maximum Gasteiger partial charge on any atom is 0.268 e. The molecule has 0 amide bonds. The van der Waals surface area contributed by atoms with E-state index in [4.69, 9.17) is 4.18 Å². The van der Waals surface area contributed by atoms with E-state index in [0.29, 0.717) is 11.1 Å². The lowest BCUT2D eigenvalue weighted by molar-refractivity contribution is 0.326. The Kier molecular flexibility index (Phi) is 4.92. The summed E-state index contributed by atoms with van der Waals surface area (Å²) in [6.45, 7) is 1.85. The van der Waals surface area contributed by atoms with Crippen molar-refractivity contribution in [2.24, 2.45) is 0 Å². The van der Waals surface area contributed by atoms with Crippen LogP contribution in [0.25, 0.3) is 10.9 Å². The Morgan fingerprint density at radius 3 is 2.27 bits per heavy atom. The summed E-state index contributed by atoms with van der Waals surface area (Å²) in [5, 5.41) is 0.750. The Morgan fingerprint density at radius 2 is 1.62 bits per heavy atom. The Morgan fingerprint density at radius 1 is 0.962 bits per heavy atom. The van der Waals surface area contributed by atoms with E-state index >= 15 is 0 Å². The molecular weight excluding hydrogens is 374 g/mol. The lowest BCUT2D eigenvalue weighted by Gasteiger charge is -2.07. The molecule has 0 fully saturated rings. The van der Waals surface area contributed by atoms with Crippen LogP contribution < -0.4 is 0 Å². The zero-order valence-corrected chi connectivity index (χ0v) is 16.0. The second-order valence-electron chi connectivity index (χ2n) is 6.06. The number of nitrogens with zero attached hydrogens (tertiary/aromatic N) is 1. The number of hydrogen-bond donors (Lipinski definition) is 0. The van der Waals surface area contributed by atoms with Gasteiger partial charge in [-0.1, -0.05) is 35.9 Å². The Hall–Kier alpha value is -2.16. The standard InChI is InChI=1S/C18H19NO5S2/c1-14-7-9-16(10-8-14)26(22,23)19-13-15(11-12-24-25(2,20)21)17-5-3-4-6-18(17)19/h3-10,13H,11-12H2,1-2H3. The van der Waals surface area contributed by atoms with Crippen LogP contribution >= 0.6 is 0 Å². The Labute approximate surface area is 153 Å². The van der Waals surface area contributed by atoms with Crippen LogP contribution in [0.2, 0.25) is 0 Å². The summed E-state index contributed by atoms with van der Waals surface area (Å²) in [5.41, 5.74) is 2.22. The SMILES string of the molecule is Cc1ccc(S(=O)(=O)n2cc(CCOS(C)(=O)=O)c3ccccc32)cc1. The number of rotatable bonds is 6. The van der Waals surface area contributed by atoms with E-state index in [0.717, 1.165) is 17.2 Å². The number of aromatic nitrogens is 1. The molecule has 0 atom stereocenters. The maximum absolute atomic E-state index is 13.0. The molecule has 1 heterocycles. The minimum atomic E-state index is -3.76. The summed E-state index contributed by atoms with van der Waals surface area (Å²) in [6, 6.07) is 13.8. The van der Waals surface area contributed by atoms with Crippen LogP contribution in [-0.2, 0) is 30.7 Å². The molecule has 2 aromatic carbocycles. The van der Waals surface area contributed by atoms with Gasteiger partial charge in [-0.15, -0.1) is 0 Å². The number of para-hydroxylation sites is 1. The molecular formula is C18H19NO5S2.